The fraction of sp³-hybridized carbons (Fsp3) is 0.500. The Morgan fingerprint density at radius 2 is 2.33 bits per heavy atom. The lowest BCUT2D eigenvalue weighted by Gasteiger charge is -2.00. The zero-order valence-electron chi connectivity index (χ0n) is 5.29. The second-order valence-corrected chi connectivity index (χ2v) is 2.84. The Bertz CT molecular complexity index is 129. The number of thiol groups is 1. The molecule has 0 aliphatic carbocycles. The van der Waals surface area contributed by atoms with Gasteiger partial charge in [0.25, 0.3) is 0 Å². The maximum absolute atomic E-state index is 10.1. The molecule has 0 fully saturated rings. The fourth-order valence-electron chi connectivity index (χ4n) is 0.444. The Balaban J connectivity index is 3.65. The Hall–Kier alpha value is -0.440. The van der Waals surface area contributed by atoms with Crippen molar-refractivity contribution in [1.82, 2.24) is 0 Å². The highest BCUT2D eigenvalue weighted by Gasteiger charge is 2.05. The lowest BCUT2D eigenvalue weighted by Crippen LogP contribution is -2.03. The molecule has 1 N–H and O–H groups in total. The van der Waals surface area contributed by atoms with Gasteiger partial charge in [-0.05, 0) is 6.42 Å². The van der Waals surface area contributed by atoms with Crippen molar-refractivity contribution in [2.75, 3.05) is 0 Å². The van der Waals surface area contributed by atoms with Crippen LogP contribution in [-0.2, 0) is 4.79 Å². The van der Waals surface area contributed by atoms with Crippen LogP contribution in [-0.4, -0.2) is 16.3 Å². The molecule has 0 saturated heterocycles. The van der Waals surface area contributed by atoms with Crippen LogP contribution in [0.5, 0.6) is 0 Å². The number of carbonyl (C=O) groups is 1. The van der Waals surface area contributed by atoms with E-state index in [9.17, 15) is 4.79 Å². The van der Waals surface area contributed by atoms with Crippen LogP contribution in [0.25, 0.3) is 0 Å². The topological polar surface area (TPSA) is 37.3 Å². The molecule has 0 aromatic rings. The summed E-state index contributed by atoms with van der Waals surface area (Å²) in [5.74, 6) is -0.934. The number of hydrogen-bond acceptors (Lipinski definition) is 2. The molecule has 0 aliphatic rings. The molecule has 0 bridgehead atoms. The van der Waals surface area contributed by atoms with E-state index in [4.69, 9.17) is 5.11 Å². The Kier molecular flexibility index (Phi) is 3.39. The minimum Gasteiger partial charge on any atom is -0.478 e. The van der Waals surface area contributed by atoms with Gasteiger partial charge in [0.2, 0.25) is 0 Å². The van der Waals surface area contributed by atoms with Crippen LogP contribution in [0.3, 0.4) is 0 Å². The third-order valence-electron chi connectivity index (χ3n) is 0.844. The van der Waals surface area contributed by atoms with Crippen molar-refractivity contribution in [2.45, 2.75) is 18.6 Å². The first kappa shape index (κ1) is 8.56. The first-order valence-corrected chi connectivity index (χ1v) is 3.15. The molecule has 0 saturated carbocycles. The van der Waals surface area contributed by atoms with Gasteiger partial charge in [-0.25, -0.2) is 4.79 Å². The van der Waals surface area contributed by atoms with Gasteiger partial charge in [0.15, 0.2) is 0 Å². The summed E-state index contributed by atoms with van der Waals surface area (Å²) in [6.07, 6.45) is 0.443. The number of aliphatic carboxylic acids is 1. The number of rotatable bonds is 3. The van der Waals surface area contributed by atoms with Crippen LogP contribution in [0.4, 0.5) is 0 Å². The largest absolute Gasteiger partial charge is 0.478 e. The monoisotopic (exact) mass is 146 g/mol. The van der Waals surface area contributed by atoms with Crippen molar-refractivity contribution in [2.24, 2.45) is 0 Å². The molecule has 9 heavy (non-hydrogen) atoms. The summed E-state index contributed by atoms with van der Waals surface area (Å²) in [4.78, 5) is 10.1. The summed E-state index contributed by atoms with van der Waals surface area (Å²) in [6.45, 7) is 5.18. The summed E-state index contributed by atoms with van der Waals surface area (Å²) in [7, 11) is 0. The van der Waals surface area contributed by atoms with Crippen LogP contribution in [0.1, 0.15) is 13.3 Å². The van der Waals surface area contributed by atoms with Crippen molar-refractivity contribution < 1.29 is 9.90 Å². The average Bonchev–Trinajstić information content (AvgIpc) is 1.63. The molecule has 0 amide bonds. The first-order valence-electron chi connectivity index (χ1n) is 2.63. The standard InChI is InChI=1S/C6H10O2S/c1-4(6(7)8)3-5(2)9/h5,9H,1,3H2,2H3,(H,7,8). The predicted molar refractivity (Wildman–Crippen MR) is 39.8 cm³/mol. The molecule has 1 unspecified atom stereocenters. The van der Waals surface area contributed by atoms with E-state index in [1.165, 1.54) is 0 Å². The minimum atomic E-state index is -0.934. The smallest absolute Gasteiger partial charge is 0.330 e. The van der Waals surface area contributed by atoms with Gasteiger partial charge < -0.3 is 5.11 Å². The lowest BCUT2D eigenvalue weighted by atomic mass is 10.2. The van der Waals surface area contributed by atoms with E-state index in [1.807, 2.05) is 6.92 Å². The summed E-state index contributed by atoms with van der Waals surface area (Å²) in [5.41, 5.74) is 0.220. The van der Waals surface area contributed by atoms with E-state index >= 15 is 0 Å². The van der Waals surface area contributed by atoms with Gasteiger partial charge in [-0.1, -0.05) is 13.5 Å². The molecule has 3 heteroatoms. The van der Waals surface area contributed by atoms with Gasteiger partial charge in [-0.3, -0.25) is 0 Å². The van der Waals surface area contributed by atoms with E-state index in [1.54, 1.807) is 0 Å². The van der Waals surface area contributed by atoms with Crippen molar-refractivity contribution >= 4 is 18.6 Å². The van der Waals surface area contributed by atoms with Gasteiger partial charge in [-0.2, -0.15) is 12.6 Å². The Morgan fingerprint density at radius 3 is 2.44 bits per heavy atom. The minimum absolute atomic E-state index is 0.0774. The van der Waals surface area contributed by atoms with Crippen LogP contribution >= 0.6 is 12.6 Å². The molecule has 1 atom stereocenters. The van der Waals surface area contributed by atoms with E-state index in [2.05, 4.69) is 19.2 Å². The molecule has 0 aromatic carbocycles. The highest BCUT2D eigenvalue weighted by atomic mass is 32.1. The molecule has 52 valence electrons. The molecule has 0 rings (SSSR count). The number of carboxylic acid groups (broad SMARTS) is 1. The fourth-order valence-corrected chi connectivity index (χ4v) is 0.664. The zero-order chi connectivity index (χ0) is 7.44. The summed E-state index contributed by atoms with van der Waals surface area (Å²) < 4.78 is 0. The van der Waals surface area contributed by atoms with Crippen molar-refractivity contribution in [1.29, 1.82) is 0 Å². The van der Waals surface area contributed by atoms with E-state index in [0.717, 1.165) is 0 Å². The summed E-state index contributed by atoms with van der Waals surface area (Å²) in [5, 5.41) is 8.37. The van der Waals surface area contributed by atoms with Crippen LogP contribution in [0.2, 0.25) is 0 Å². The average molecular weight is 146 g/mol. The van der Waals surface area contributed by atoms with E-state index in [-0.39, 0.29) is 10.8 Å². The molecule has 2 nitrogen and oxygen atoms in total. The molecule has 0 aliphatic heterocycles. The maximum atomic E-state index is 10.1. The first-order chi connectivity index (χ1) is 4.04. The van der Waals surface area contributed by atoms with Gasteiger partial charge in [0.1, 0.15) is 0 Å². The molecule has 0 aromatic heterocycles. The molecule has 0 heterocycles. The summed E-state index contributed by atoms with van der Waals surface area (Å²) in [6, 6.07) is 0. The highest BCUT2D eigenvalue weighted by molar-refractivity contribution is 7.80. The van der Waals surface area contributed by atoms with Crippen molar-refractivity contribution in [3.8, 4) is 0 Å². The summed E-state index contributed by atoms with van der Waals surface area (Å²) >= 11 is 4.01. The molecular weight excluding hydrogens is 136 g/mol. The van der Waals surface area contributed by atoms with E-state index < -0.39 is 5.97 Å². The van der Waals surface area contributed by atoms with Crippen LogP contribution in [0, 0.1) is 0 Å². The third-order valence-corrected chi connectivity index (χ3v) is 1.03. The number of carboxylic acids is 1. The van der Waals surface area contributed by atoms with Crippen molar-refractivity contribution in [3.05, 3.63) is 12.2 Å². The lowest BCUT2D eigenvalue weighted by molar-refractivity contribution is -0.132. The van der Waals surface area contributed by atoms with Gasteiger partial charge in [0.05, 0.1) is 0 Å². The molecule has 0 radical (unpaired) electrons. The van der Waals surface area contributed by atoms with Crippen LogP contribution in [0.15, 0.2) is 12.2 Å². The molecule has 0 spiro atoms. The highest BCUT2D eigenvalue weighted by Crippen LogP contribution is 2.06. The Morgan fingerprint density at radius 1 is 1.89 bits per heavy atom. The third kappa shape index (κ3) is 4.09. The zero-order valence-corrected chi connectivity index (χ0v) is 6.19. The second kappa shape index (κ2) is 3.56. The normalized spacial score (nSPS) is 12.7. The predicted octanol–water partition coefficient (Wildman–Crippen LogP) is 1.34. The SMILES string of the molecule is C=C(CC(C)S)C(=O)O. The van der Waals surface area contributed by atoms with Gasteiger partial charge >= 0.3 is 5.97 Å². The number of hydrogen-bond donors (Lipinski definition) is 2. The van der Waals surface area contributed by atoms with E-state index in [0.29, 0.717) is 6.42 Å². The molecular formula is C6H10O2S. The van der Waals surface area contributed by atoms with Gasteiger partial charge in [0, 0.05) is 10.8 Å². The van der Waals surface area contributed by atoms with Crippen molar-refractivity contribution in [3.63, 3.8) is 0 Å². The maximum Gasteiger partial charge on any atom is 0.330 e. The second-order valence-electron chi connectivity index (χ2n) is 1.96. The van der Waals surface area contributed by atoms with Gasteiger partial charge in [-0.15, -0.1) is 0 Å². The quantitative estimate of drug-likeness (QED) is 0.465. The van der Waals surface area contributed by atoms with Crippen LogP contribution < -0.4 is 0 Å². The Labute approximate surface area is 60.0 Å².